The Bertz CT molecular complexity index is 242. The van der Waals surface area contributed by atoms with Crippen LogP contribution in [0.4, 0.5) is 0 Å². The number of hydrogen-bond donors (Lipinski definition) is 1. The van der Waals surface area contributed by atoms with E-state index in [1.807, 2.05) is 6.92 Å². The Hall–Kier alpha value is -0.820. The monoisotopic (exact) mass is 211 g/mol. The van der Waals surface area contributed by atoms with Crippen LogP contribution in [0.2, 0.25) is 0 Å². The van der Waals surface area contributed by atoms with Crippen molar-refractivity contribution < 1.29 is 0 Å². The molecule has 1 saturated carbocycles. The SMILES string of the molecule is CCN(CC(C)C#N)C(=S)NC1CC1. The molecule has 1 rings (SSSR count). The molecule has 0 aromatic rings. The summed E-state index contributed by atoms with van der Waals surface area (Å²) in [7, 11) is 0. The molecule has 1 unspecified atom stereocenters. The number of nitriles is 1. The smallest absolute Gasteiger partial charge is 0.169 e. The van der Waals surface area contributed by atoms with Gasteiger partial charge in [0, 0.05) is 19.1 Å². The van der Waals surface area contributed by atoms with Gasteiger partial charge in [0.15, 0.2) is 5.11 Å². The largest absolute Gasteiger partial charge is 0.360 e. The van der Waals surface area contributed by atoms with Crippen molar-refractivity contribution in [1.82, 2.24) is 10.2 Å². The lowest BCUT2D eigenvalue weighted by molar-refractivity contribution is 0.397. The molecule has 0 aliphatic heterocycles. The van der Waals surface area contributed by atoms with E-state index in [0.29, 0.717) is 6.04 Å². The molecule has 1 fully saturated rings. The van der Waals surface area contributed by atoms with Gasteiger partial charge in [-0.3, -0.25) is 0 Å². The summed E-state index contributed by atoms with van der Waals surface area (Å²) in [4.78, 5) is 2.06. The molecule has 0 bridgehead atoms. The van der Waals surface area contributed by atoms with Crippen molar-refractivity contribution in [3.8, 4) is 6.07 Å². The maximum Gasteiger partial charge on any atom is 0.169 e. The number of hydrogen-bond acceptors (Lipinski definition) is 2. The van der Waals surface area contributed by atoms with Gasteiger partial charge in [0.05, 0.1) is 12.0 Å². The third-order valence-electron chi connectivity index (χ3n) is 2.29. The molecular formula is C10H17N3S. The Morgan fingerprint density at radius 3 is 2.79 bits per heavy atom. The summed E-state index contributed by atoms with van der Waals surface area (Å²) < 4.78 is 0. The second-order valence-electron chi connectivity index (χ2n) is 3.79. The van der Waals surface area contributed by atoms with E-state index in [0.717, 1.165) is 18.2 Å². The van der Waals surface area contributed by atoms with Crippen molar-refractivity contribution in [3.63, 3.8) is 0 Å². The Kier molecular flexibility index (Phi) is 4.15. The summed E-state index contributed by atoms with van der Waals surface area (Å²) >= 11 is 5.26. The summed E-state index contributed by atoms with van der Waals surface area (Å²) in [6.45, 7) is 5.57. The predicted octanol–water partition coefficient (Wildman–Crippen LogP) is 1.50. The van der Waals surface area contributed by atoms with Crippen LogP contribution in [-0.2, 0) is 0 Å². The van der Waals surface area contributed by atoms with E-state index in [4.69, 9.17) is 17.5 Å². The van der Waals surface area contributed by atoms with Gasteiger partial charge in [-0.25, -0.2) is 0 Å². The first-order valence-electron chi connectivity index (χ1n) is 5.12. The average Bonchev–Trinajstić information content (AvgIpc) is 2.97. The zero-order valence-electron chi connectivity index (χ0n) is 8.79. The van der Waals surface area contributed by atoms with Crippen molar-refractivity contribution in [2.45, 2.75) is 32.7 Å². The van der Waals surface area contributed by atoms with Crippen LogP contribution >= 0.6 is 12.2 Å². The topological polar surface area (TPSA) is 39.1 Å². The number of thiocarbonyl (C=S) groups is 1. The molecule has 4 heteroatoms. The van der Waals surface area contributed by atoms with Gasteiger partial charge in [0.2, 0.25) is 0 Å². The Morgan fingerprint density at radius 2 is 2.36 bits per heavy atom. The van der Waals surface area contributed by atoms with E-state index in [1.54, 1.807) is 0 Å². The second-order valence-corrected chi connectivity index (χ2v) is 4.18. The first kappa shape index (κ1) is 11.3. The Balaban J connectivity index is 2.35. The van der Waals surface area contributed by atoms with Crippen molar-refractivity contribution in [3.05, 3.63) is 0 Å². The van der Waals surface area contributed by atoms with E-state index >= 15 is 0 Å². The summed E-state index contributed by atoms with van der Waals surface area (Å²) in [6, 6.07) is 2.82. The van der Waals surface area contributed by atoms with Crippen LogP contribution in [0.15, 0.2) is 0 Å². The molecule has 0 aromatic carbocycles. The summed E-state index contributed by atoms with van der Waals surface area (Å²) in [5.74, 6) is 0.0360. The standard InChI is InChI=1S/C10H17N3S/c1-3-13(7-8(2)6-11)10(14)12-9-4-5-9/h8-9H,3-5,7H2,1-2H3,(H,12,14). The molecule has 1 N–H and O–H groups in total. The summed E-state index contributed by atoms with van der Waals surface area (Å²) in [6.07, 6.45) is 2.46. The molecule has 3 nitrogen and oxygen atoms in total. The molecule has 1 aliphatic rings. The molecule has 0 heterocycles. The lowest BCUT2D eigenvalue weighted by Crippen LogP contribution is -2.42. The first-order valence-corrected chi connectivity index (χ1v) is 5.53. The van der Waals surface area contributed by atoms with Gasteiger partial charge in [-0.2, -0.15) is 5.26 Å². The molecule has 0 aromatic heterocycles. The fourth-order valence-corrected chi connectivity index (χ4v) is 1.59. The van der Waals surface area contributed by atoms with Gasteiger partial charge in [0.25, 0.3) is 0 Å². The maximum absolute atomic E-state index is 8.71. The fraction of sp³-hybridized carbons (Fsp3) is 0.800. The zero-order valence-corrected chi connectivity index (χ0v) is 9.60. The van der Waals surface area contributed by atoms with Crippen molar-refractivity contribution in [2.24, 2.45) is 5.92 Å². The highest BCUT2D eigenvalue weighted by Crippen LogP contribution is 2.19. The van der Waals surface area contributed by atoms with E-state index in [-0.39, 0.29) is 5.92 Å². The predicted molar refractivity (Wildman–Crippen MR) is 60.8 cm³/mol. The third kappa shape index (κ3) is 3.51. The van der Waals surface area contributed by atoms with Crippen LogP contribution in [-0.4, -0.2) is 29.1 Å². The fourth-order valence-electron chi connectivity index (χ4n) is 1.22. The van der Waals surface area contributed by atoms with Crippen LogP contribution in [0.5, 0.6) is 0 Å². The van der Waals surface area contributed by atoms with E-state index in [1.165, 1.54) is 12.8 Å². The number of nitrogens with zero attached hydrogens (tertiary/aromatic N) is 2. The van der Waals surface area contributed by atoms with Crippen LogP contribution in [0, 0.1) is 17.2 Å². The molecule has 0 amide bonds. The van der Waals surface area contributed by atoms with E-state index in [9.17, 15) is 0 Å². The third-order valence-corrected chi connectivity index (χ3v) is 2.66. The van der Waals surface area contributed by atoms with Crippen molar-refractivity contribution in [2.75, 3.05) is 13.1 Å². The maximum atomic E-state index is 8.71. The molecular weight excluding hydrogens is 194 g/mol. The summed E-state index contributed by atoms with van der Waals surface area (Å²) in [5, 5.41) is 12.8. The zero-order chi connectivity index (χ0) is 10.6. The second kappa shape index (κ2) is 5.16. The molecule has 78 valence electrons. The minimum atomic E-state index is 0.0360. The lowest BCUT2D eigenvalue weighted by atomic mass is 10.2. The van der Waals surface area contributed by atoms with Gasteiger partial charge < -0.3 is 10.2 Å². The molecule has 1 atom stereocenters. The van der Waals surface area contributed by atoms with Crippen LogP contribution in [0.25, 0.3) is 0 Å². The Morgan fingerprint density at radius 1 is 1.71 bits per heavy atom. The van der Waals surface area contributed by atoms with Crippen molar-refractivity contribution >= 4 is 17.3 Å². The molecule has 0 saturated heterocycles. The van der Waals surface area contributed by atoms with Gasteiger partial charge in [-0.15, -0.1) is 0 Å². The molecule has 0 spiro atoms. The van der Waals surface area contributed by atoms with E-state index < -0.39 is 0 Å². The quantitative estimate of drug-likeness (QED) is 0.715. The number of nitrogens with one attached hydrogen (secondary N) is 1. The van der Waals surface area contributed by atoms with Gasteiger partial charge in [-0.1, -0.05) is 0 Å². The number of rotatable bonds is 4. The minimum Gasteiger partial charge on any atom is -0.360 e. The van der Waals surface area contributed by atoms with Gasteiger partial charge in [-0.05, 0) is 38.9 Å². The minimum absolute atomic E-state index is 0.0360. The lowest BCUT2D eigenvalue weighted by Gasteiger charge is -2.25. The molecule has 14 heavy (non-hydrogen) atoms. The van der Waals surface area contributed by atoms with Gasteiger partial charge >= 0.3 is 0 Å². The highest BCUT2D eigenvalue weighted by atomic mass is 32.1. The van der Waals surface area contributed by atoms with Gasteiger partial charge in [0.1, 0.15) is 0 Å². The highest BCUT2D eigenvalue weighted by molar-refractivity contribution is 7.80. The van der Waals surface area contributed by atoms with E-state index in [2.05, 4.69) is 23.2 Å². The van der Waals surface area contributed by atoms with Crippen LogP contribution in [0.1, 0.15) is 26.7 Å². The van der Waals surface area contributed by atoms with Crippen LogP contribution in [0.3, 0.4) is 0 Å². The average molecular weight is 211 g/mol. The Labute approximate surface area is 91.1 Å². The van der Waals surface area contributed by atoms with Crippen LogP contribution < -0.4 is 5.32 Å². The first-order chi connectivity index (χ1) is 6.67. The highest BCUT2D eigenvalue weighted by Gasteiger charge is 2.23. The summed E-state index contributed by atoms with van der Waals surface area (Å²) in [5.41, 5.74) is 0. The molecule has 1 aliphatic carbocycles. The molecule has 0 radical (unpaired) electrons. The normalized spacial score (nSPS) is 16.9. The van der Waals surface area contributed by atoms with Crippen molar-refractivity contribution in [1.29, 1.82) is 5.26 Å².